The van der Waals surface area contributed by atoms with E-state index < -0.39 is 17.9 Å². The van der Waals surface area contributed by atoms with Crippen molar-refractivity contribution < 1.29 is 24.2 Å². The van der Waals surface area contributed by atoms with Gasteiger partial charge in [-0.1, -0.05) is 12.5 Å². The first-order chi connectivity index (χ1) is 13.4. The molecule has 3 atom stereocenters. The van der Waals surface area contributed by atoms with Gasteiger partial charge in [0, 0.05) is 12.5 Å². The second kappa shape index (κ2) is 8.63. The summed E-state index contributed by atoms with van der Waals surface area (Å²) in [5.41, 5.74) is 1.59. The van der Waals surface area contributed by atoms with Crippen LogP contribution in [0.3, 0.4) is 0 Å². The molecule has 2 N–H and O–H groups in total. The molecule has 1 aliphatic heterocycles. The largest absolute Gasteiger partial charge is 0.495 e. The molecule has 2 fully saturated rings. The smallest absolute Gasteiger partial charge is 0.306 e. The van der Waals surface area contributed by atoms with E-state index in [2.05, 4.69) is 5.32 Å². The Morgan fingerprint density at radius 3 is 2.61 bits per heavy atom. The molecule has 0 bridgehead atoms. The number of anilines is 1. The van der Waals surface area contributed by atoms with Crippen molar-refractivity contribution in [3.63, 3.8) is 0 Å². The first-order valence-electron chi connectivity index (χ1n) is 9.89. The monoisotopic (exact) mass is 388 g/mol. The molecule has 0 radical (unpaired) electrons. The van der Waals surface area contributed by atoms with Crippen molar-refractivity contribution >= 4 is 23.5 Å². The lowest BCUT2D eigenvalue weighted by atomic mass is 9.80. The van der Waals surface area contributed by atoms with Crippen LogP contribution in [0.2, 0.25) is 0 Å². The fraction of sp³-hybridized carbons (Fsp3) is 0.571. The molecule has 0 aromatic heterocycles. The molecule has 3 unspecified atom stereocenters. The number of hydrogen-bond donors (Lipinski definition) is 2. The van der Waals surface area contributed by atoms with Crippen molar-refractivity contribution in [1.82, 2.24) is 4.90 Å². The summed E-state index contributed by atoms with van der Waals surface area (Å²) in [5.74, 6) is -1.34. The summed E-state index contributed by atoms with van der Waals surface area (Å²) < 4.78 is 5.32. The number of methoxy groups -OCH3 is 1. The van der Waals surface area contributed by atoms with Crippen LogP contribution in [0.25, 0.3) is 0 Å². The molecule has 1 aliphatic carbocycles. The number of aliphatic carboxylic acids is 1. The molecule has 1 aromatic carbocycles. The summed E-state index contributed by atoms with van der Waals surface area (Å²) in [7, 11) is 1.55. The van der Waals surface area contributed by atoms with Gasteiger partial charge < -0.3 is 20.1 Å². The molecule has 1 saturated carbocycles. The van der Waals surface area contributed by atoms with E-state index in [0.29, 0.717) is 43.7 Å². The van der Waals surface area contributed by atoms with Crippen LogP contribution in [-0.2, 0) is 14.4 Å². The Hall–Kier alpha value is -2.57. The maximum Gasteiger partial charge on any atom is 0.306 e. The van der Waals surface area contributed by atoms with Crippen molar-refractivity contribution in [1.29, 1.82) is 0 Å². The van der Waals surface area contributed by atoms with Gasteiger partial charge >= 0.3 is 5.97 Å². The summed E-state index contributed by atoms with van der Waals surface area (Å²) in [6, 6.07) is 5.03. The van der Waals surface area contributed by atoms with E-state index >= 15 is 0 Å². The van der Waals surface area contributed by atoms with Crippen molar-refractivity contribution in [2.75, 3.05) is 19.0 Å². The fourth-order valence-electron chi connectivity index (χ4n) is 4.31. The maximum atomic E-state index is 13.0. The van der Waals surface area contributed by atoms with Crippen LogP contribution in [0.5, 0.6) is 5.75 Å². The minimum atomic E-state index is -0.834. The second-order valence-corrected chi connectivity index (χ2v) is 7.78. The molecule has 3 rings (SSSR count). The van der Waals surface area contributed by atoms with E-state index in [0.717, 1.165) is 18.4 Å². The highest BCUT2D eigenvalue weighted by Crippen LogP contribution is 2.33. The van der Waals surface area contributed by atoms with E-state index in [1.165, 1.54) is 0 Å². The van der Waals surface area contributed by atoms with E-state index in [1.54, 1.807) is 18.1 Å². The van der Waals surface area contributed by atoms with Crippen molar-refractivity contribution in [2.24, 2.45) is 11.8 Å². The third kappa shape index (κ3) is 4.29. The lowest BCUT2D eigenvalue weighted by Gasteiger charge is -2.32. The van der Waals surface area contributed by atoms with Crippen LogP contribution in [0.15, 0.2) is 18.2 Å². The normalized spacial score (nSPS) is 24.6. The van der Waals surface area contributed by atoms with E-state index in [-0.39, 0.29) is 17.7 Å². The molecular weight excluding hydrogens is 360 g/mol. The van der Waals surface area contributed by atoms with Gasteiger partial charge in [-0.25, -0.2) is 0 Å². The SMILES string of the molecule is COc1ccc(C)cc1NC(=O)C1CCCN1C(=O)C1CCCC(C(=O)O)C1. The average Bonchev–Trinajstić information content (AvgIpc) is 3.17. The van der Waals surface area contributed by atoms with Crippen LogP contribution >= 0.6 is 0 Å². The highest BCUT2D eigenvalue weighted by molar-refractivity contribution is 5.99. The van der Waals surface area contributed by atoms with E-state index in [4.69, 9.17) is 4.74 Å². The number of aryl methyl sites for hydroxylation is 1. The predicted molar refractivity (Wildman–Crippen MR) is 104 cm³/mol. The molecule has 1 aromatic rings. The number of nitrogens with one attached hydrogen (secondary N) is 1. The summed E-state index contributed by atoms with van der Waals surface area (Å²) in [6.07, 6.45) is 3.79. The Labute approximate surface area is 165 Å². The summed E-state index contributed by atoms with van der Waals surface area (Å²) in [4.78, 5) is 38.9. The zero-order valence-electron chi connectivity index (χ0n) is 16.4. The number of carboxylic acid groups (broad SMARTS) is 1. The average molecular weight is 388 g/mol. The van der Waals surface area contributed by atoms with Crippen LogP contribution in [-0.4, -0.2) is 47.5 Å². The van der Waals surface area contributed by atoms with Gasteiger partial charge in [0.05, 0.1) is 18.7 Å². The third-order valence-electron chi connectivity index (χ3n) is 5.82. The van der Waals surface area contributed by atoms with Crippen molar-refractivity contribution in [3.05, 3.63) is 23.8 Å². The summed E-state index contributed by atoms with van der Waals surface area (Å²) in [5, 5.41) is 12.2. The lowest BCUT2D eigenvalue weighted by Crippen LogP contribution is -2.46. The molecule has 1 saturated heterocycles. The minimum Gasteiger partial charge on any atom is -0.495 e. The molecule has 7 heteroatoms. The number of carbonyl (C=O) groups excluding carboxylic acids is 2. The van der Waals surface area contributed by atoms with Crippen LogP contribution in [0.1, 0.15) is 44.1 Å². The molecule has 0 spiro atoms. The van der Waals surface area contributed by atoms with E-state index in [9.17, 15) is 19.5 Å². The van der Waals surface area contributed by atoms with Gasteiger partial charge in [-0.15, -0.1) is 0 Å². The number of rotatable bonds is 5. The lowest BCUT2D eigenvalue weighted by molar-refractivity contribution is -0.146. The first kappa shape index (κ1) is 20.2. The zero-order valence-corrected chi connectivity index (χ0v) is 16.4. The van der Waals surface area contributed by atoms with Gasteiger partial charge in [-0.05, 0) is 56.7 Å². The quantitative estimate of drug-likeness (QED) is 0.809. The van der Waals surface area contributed by atoms with Gasteiger partial charge in [0.2, 0.25) is 11.8 Å². The number of ether oxygens (including phenoxy) is 1. The number of carbonyl (C=O) groups is 3. The highest BCUT2D eigenvalue weighted by atomic mass is 16.5. The number of likely N-dealkylation sites (tertiary alicyclic amines) is 1. The Kier molecular flexibility index (Phi) is 6.21. The van der Waals surface area contributed by atoms with Crippen molar-refractivity contribution in [2.45, 2.75) is 51.5 Å². The Bertz CT molecular complexity index is 763. The zero-order chi connectivity index (χ0) is 20.3. The summed E-state index contributed by atoms with van der Waals surface area (Å²) >= 11 is 0. The number of hydrogen-bond acceptors (Lipinski definition) is 4. The topological polar surface area (TPSA) is 95.9 Å². The minimum absolute atomic E-state index is 0.0835. The standard InChI is InChI=1S/C21H28N2O5/c1-13-8-9-18(28-2)16(11-13)22-19(24)17-7-4-10-23(17)20(25)14-5-3-6-15(12-14)21(26)27/h8-9,11,14-15,17H,3-7,10,12H2,1-2H3,(H,22,24)(H,26,27). The maximum absolute atomic E-state index is 13.0. The van der Waals surface area contributed by atoms with Gasteiger partial charge in [0.15, 0.2) is 0 Å². The fourth-order valence-corrected chi connectivity index (χ4v) is 4.31. The summed E-state index contributed by atoms with van der Waals surface area (Å²) in [6.45, 7) is 2.47. The molecule has 28 heavy (non-hydrogen) atoms. The number of amides is 2. The van der Waals surface area contributed by atoms with Gasteiger partial charge in [0.25, 0.3) is 0 Å². The molecular formula is C21H28N2O5. The third-order valence-corrected chi connectivity index (χ3v) is 5.82. The van der Waals surface area contributed by atoms with Crippen LogP contribution in [0, 0.1) is 18.8 Å². The number of carboxylic acids is 1. The van der Waals surface area contributed by atoms with E-state index in [1.807, 2.05) is 19.1 Å². The Morgan fingerprint density at radius 2 is 1.89 bits per heavy atom. The van der Waals surface area contributed by atoms with Gasteiger partial charge in [0.1, 0.15) is 11.8 Å². The number of nitrogens with zero attached hydrogens (tertiary/aromatic N) is 1. The Balaban J connectivity index is 1.70. The molecule has 7 nitrogen and oxygen atoms in total. The number of benzene rings is 1. The Morgan fingerprint density at radius 1 is 1.14 bits per heavy atom. The highest BCUT2D eigenvalue weighted by Gasteiger charge is 2.39. The molecule has 2 aliphatic rings. The second-order valence-electron chi connectivity index (χ2n) is 7.78. The molecule has 1 heterocycles. The van der Waals surface area contributed by atoms with Gasteiger partial charge in [-0.2, -0.15) is 0 Å². The van der Waals surface area contributed by atoms with Crippen molar-refractivity contribution in [3.8, 4) is 5.75 Å². The first-order valence-corrected chi connectivity index (χ1v) is 9.89. The van der Waals surface area contributed by atoms with Gasteiger partial charge in [-0.3, -0.25) is 14.4 Å². The molecule has 2 amide bonds. The predicted octanol–water partition coefficient (Wildman–Crippen LogP) is 2.82. The molecule has 152 valence electrons. The van der Waals surface area contributed by atoms with Crippen LogP contribution in [0.4, 0.5) is 5.69 Å². The van der Waals surface area contributed by atoms with Crippen LogP contribution < -0.4 is 10.1 Å².